The highest BCUT2D eigenvalue weighted by Gasteiger charge is 2.17. The maximum absolute atomic E-state index is 6.27. The molecule has 0 radical (unpaired) electrons. The first-order valence-corrected chi connectivity index (χ1v) is 8.23. The van der Waals surface area contributed by atoms with Crippen molar-refractivity contribution in [2.45, 2.75) is 50.6 Å². The minimum atomic E-state index is 0.401. The van der Waals surface area contributed by atoms with Crippen LogP contribution in [0.3, 0.4) is 0 Å². The fourth-order valence-electron chi connectivity index (χ4n) is 2.18. The molecule has 2 rings (SSSR count). The molecule has 0 spiro atoms. The average molecular weight is 299 g/mol. The molecule has 0 bridgehead atoms. The van der Waals surface area contributed by atoms with Gasteiger partial charge in [-0.2, -0.15) is 5.10 Å². The third-order valence-electron chi connectivity index (χ3n) is 3.29. The minimum Gasteiger partial charge on any atom is -0.279 e. The first kappa shape index (κ1) is 14.6. The lowest BCUT2D eigenvalue weighted by atomic mass is 9.98. The maximum atomic E-state index is 6.27. The Bertz CT molecular complexity index is 555. The molecule has 0 aliphatic rings. The molecule has 4 nitrogen and oxygen atoms in total. The Hall–Kier alpha value is -0.810. The summed E-state index contributed by atoms with van der Waals surface area (Å²) >= 11 is 7.74. The summed E-state index contributed by atoms with van der Waals surface area (Å²) in [5.74, 6) is 0.401. The van der Waals surface area contributed by atoms with Crippen LogP contribution in [0.4, 0.5) is 0 Å². The van der Waals surface area contributed by atoms with Crippen LogP contribution in [0.15, 0.2) is 5.16 Å². The van der Waals surface area contributed by atoms with Crippen LogP contribution in [-0.2, 0) is 0 Å². The lowest BCUT2D eigenvalue weighted by Crippen LogP contribution is -1.96. The van der Waals surface area contributed by atoms with Crippen LogP contribution in [0, 0.1) is 0 Å². The molecule has 0 amide bonds. The van der Waals surface area contributed by atoms with Crippen molar-refractivity contribution in [1.82, 2.24) is 20.2 Å². The minimum absolute atomic E-state index is 0.401. The van der Waals surface area contributed by atoms with Gasteiger partial charge in [-0.25, -0.2) is 9.97 Å². The van der Waals surface area contributed by atoms with Crippen molar-refractivity contribution in [3.8, 4) is 0 Å². The average Bonchev–Trinajstić information content (AvgIpc) is 2.83. The van der Waals surface area contributed by atoms with Gasteiger partial charge in [0, 0.05) is 0 Å². The molecular formula is C13H19ClN4S. The Morgan fingerprint density at radius 3 is 2.79 bits per heavy atom. The number of halogens is 1. The predicted octanol–water partition coefficient (Wildman–Crippen LogP) is 4.41. The van der Waals surface area contributed by atoms with E-state index in [0.29, 0.717) is 21.9 Å². The molecule has 0 saturated carbocycles. The number of nitrogens with one attached hydrogen (secondary N) is 1. The van der Waals surface area contributed by atoms with Crippen LogP contribution in [0.25, 0.3) is 11.0 Å². The van der Waals surface area contributed by atoms with Crippen molar-refractivity contribution < 1.29 is 0 Å². The van der Waals surface area contributed by atoms with E-state index in [9.17, 15) is 0 Å². The molecule has 2 aromatic rings. The van der Waals surface area contributed by atoms with Crippen LogP contribution >= 0.6 is 23.4 Å². The highest BCUT2D eigenvalue weighted by Crippen LogP contribution is 2.31. The maximum Gasteiger partial charge on any atom is 0.190 e. The largest absolute Gasteiger partial charge is 0.279 e. The fraction of sp³-hybridized carbons (Fsp3) is 0.615. The molecule has 2 aromatic heterocycles. The summed E-state index contributed by atoms with van der Waals surface area (Å²) in [6.07, 6.45) is 6.78. The van der Waals surface area contributed by atoms with E-state index in [0.717, 1.165) is 17.5 Å². The summed E-state index contributed by atoms with van der Waals surface area (Å²) < 4.78 is 0. The lowest BCUT2D eigenvalue weighted by molar-refractivity contribution is 0.589. The highest BCUT2D eigenvalue weighted by molar-refractivity contribution is 7.98. The third kappa shape index (κ3) is 3.20. The van der Waals surface area contributed by atoms with Crippen molar-refractivity contribution in [3.63, 3.8) is 0 Å². The number of rotatable bonds is 6. The Kier molecular flexibility index (Phi) is 5.05. The summed E-state index contributed by atoms with van der Waals surface area (Å²) in [6.45, 7) is 4.41. The summed E-state index contributed by atoms with van der Waals surface area (Å²) in [4.78, 5) is 8.67. The molecule has 2 heterocycles. The fourth-order valence-corrected chi connectivity index (χ4v) is 2.85. The van der Waals surface area contributed by atoms with Gasteiger partial charge in [0.1, 0.15) is 5.15 Å². The van der Waals surface area contributed by atoms with Gasteiger partial charge in [0.2, 0.25) is 0 Å². The van der Waals surface area contributed by atoms with Crippen molar-refractivity contribution in [1.29, 1.82) is 0 Å². The highest BCUT2D eigenvalue weighted by atomic mass is 35.5. The molecule has 1 unspecified atom stereocenters. The van der Waals surface area contributed by atoms with Gasteiger partial charge in [-0.3, -0.25) is 5.10 Å². The Morgan fingerprint density at radius 2 is 2.11 bits per heavy atom. The van der Waals surface area contributed by atoms with E-state index >= 15 is 0 Å². The van der Waals surface area contributed by atoms with Gasteiger partial charge >= 0.3 is 0 Å². The second-order valence-corrected chi connectivity index (χ2v) is 5.87. The van der Waals surface area contributed by atoms with E-state index < -0.39 is 0 Å². The number of H-pyrrole nitrogens is 1. The van der Waals surface area contributed by atoms with Crippen molar-refractivity contribution in [3.05, 3.63) is 10.8 Å². The SMILES string of the molecule is CCCCCC(C)c1[nH]nc2nc(SC)nc(Cl)c12. The van der Waals surface area contributed by atoms with Gasteiger partial charge in [0.25, 0.3) is 0 Å². The zero-order chi connectivity index (χ0) is 13.8. The van der Waals surface area contributed by atoms with E-state index in [4.69, 9.17) is 11.6 Å². The zero-order valence-electron chi connectivity index (χ0n) is 11.5. The smallest absolute Gasteiger partial charge is 0.190 e. The monoisotopic (exact) mass is 298 g/mol. The van der Waals surface area contributed by atoms with Gasteiger partial charge in [-0.05, 0) is 18.6 Å². The van der Waals surface area contributed by atoms with E-state index in [2.05, 4.69) is 34.0 Å². The van der Waals surface area contributed by atoms with E-state index in [1.54, 1.807) is 0 Å². The number of aromatic nitrogens is 4. The summed E-state index contributed by atoms with van der Waals surface area (Å²) in [7, 11) is 0. The molecule has 0 aliphatic heterocycles. The second-order valence-electron chi connectivity index (χ2n) is 4.73. The summed E-state index contributed by atoms with van der Waals surface area (Å²) in [6, 6.07) is 0. The number of fused-ring (bicyclic) bond motifs is 1. The lowest BCUT2D eigenvalue weighted by Gasteiger charge is -2.09. The van der Waals surface area contributed by atoms with E-state index in [1.807, 2.05) is 6.26 Å². The predicted molar refractivity (Wildman–Crippen MR) is 81.0 cm³/mol. The standard InChI is InChI=1S/C13H19ClN4S/c1-4-5-6-7-8(2)10-9-11(14)15-13(19-3)16-12(9)18-17-10/h8H,4-7H2,1-3H3,(H,15,16,17,18). The van der Waals surface area contributed by atoms with Gasteiger partial charge in [-0.15, -0.1) is 0 Å². The molecule has 6 heteroatoms. The van der Waals surface area contributed by atoms with Crippen LogP contribution in [0.1, 0.15) is 51.1 Å². The molecule has 1 N–H and O–H groups in total. The van der Waals surface area contributed by atoms with Crippen LogP contribution in [0.5, 0.6) is 0 Å². The number of unbranched alkanes of at least 4 members (excludes halogenated alkanes) is 2. The quantitative estimate of drug-likeness (QED) is 0.371. The number of thioether (sulfide) groups is 1. The Morgan fingerprint density at radius 1 is 1.32 bits per heavy atom. The molecule has 0 saturated heterocycles. The molecule has 0 fully saturated rings. The van der Waals surface area contributed by atoms with Crippen molar-refractivity contribution in [2.24, 2.45) is 0 Å². The van der Waals surface area contributed by atoms with E-state index in [-0.39, 0.29) is 0 Å². The van der Waals surface area contributed by atoms with Crippen LogP contribution in [0.2, 0.25) is 5.15 Å². The first-order valence-electron chi connectivity index (χ1n) is 6.62. The molecule has 19 heavy (non-hydrogen) atoms. The molecule has 0 aromatic carbocycles. The molecule has 104 valence electrons. The molecular weight excluding hydrogens is 280 g/mol. The third-order valence-corrected chi connectivity index (χ3v) is 4.11. The first-order chi connectivity index (χ1) is 9.17. The van der Waals surface area contributed by atoms with Crippen molar-refractivity contribution in [2.75, 3.05) is 6.26 Å². The number of nitrogens with zero attached hydrogens (tertiary/aromatic N) is 3. The van der Waals surface area contributed by atoms with Crippen LogP contribution < -0.4 is 0 Å². The van der Waals surface area contributed by atoms with E-state index in [1.165, 1.54) is 31.0 Å². The Labute approximate surface area is 122 Å². The summed E-state index contributed by atoms with van der Waals surface area (Å²) in [5.41, 5.74) is 1.73. The van der Waals surface area contributed by atoms with Gasteiger partial charge in [0.15, 0.2) is 10.8 Å². The van der Waals surface area contributed by atoms with Gasteiger partial charge in [-0.1, -0.05) is 56.5 Å². The topological polar surface area (TPSA) is 54.5 Å². The molecule has 1 atom stereocenters. The number of aromatic amines is 1. The number of hydrogen-bond acceptors (Lipinski definition) is 4. The second kappa shape index (κ2) is 6.57. The van der Waals surface area contributed by atoms with Gasteiger partial charge in [0.05, 0.1) is 11.1 Å². The van der Waals surface area contributed by atoms with Gasteiger partial charge < -0.3 is 0 Å². The van der Waals surface area contributed by atoms with Crippen LogP contribution in [-0.4, -0.2) is 26.4 Å². The molecule has 0 aliphatic carbocycles. The summed E-state index contributed by atoms with van der Waals surface area (Å²) in [5, 5.41) is 9.39. The van der Waals surface area contributed by atoms with Crippen molar-refractivity contribution >= 4 is 34.4 Å². The normalized spacial score (nSPS) is 13.1. The zero-order valence-corrected chi connectivity index (χ0v) is 13.1. The Balaban J connectivity index is 2.29. The number of hydrogen-bond donors (Lipinski definition) is 1.